The lowest BCUT2D eigenvalue weighted by atomic mass is 10.1. The van der Waals surface area contributed by atoms with Crippen molar-refractivity contribution in [2.75, 3.05) is 0 Å². The van der Waals surface area contributed by atoms with Crippen LogP contribution in [-0.4, -0.2) is 11.1 Å². The van der Waals surface area contributed by atoms with Crippen molar-refractivity contribution in [1.29, 1.82) is 0 Å². The zero-order valence-corrected chi connectivity index (χ0v) is 6.75. The summed E-state index contributed by atoms with van der Waals surface area (Å²) in [5.41, 5.74) is -0.541. The second kappa shape index (κ2) is 2.80. The van der Waals surface area contributed by atoms with Gasteiger partial charge in [0.15, 0.2) is 17.2 Å². The zero-order valence-electron chi connectivity index (χ0n) is 6.75. The van der Waals surface area contributed by atoms with Gasteiger partial charge in [-0.3, -0.25) is 0 Å². The predicted octanol–water partition coefficient (Wildman–Crippen LogP) is 2.41. The second-order valence-corrected chi connectivity index (χ2v) is 2.69. The van der Waals surface area contributed by atoms with Crippen LogP contribution in [0.1, 0.15) is 10.4 Å². The van der Waals surface area contributed by atoms with Crippen LogP contribution in [-0.2, 0) is 0 Å². The first-order valence-electron chi connectivity index (χ1n) is 3.69. The summed E-state index contributed by atoms with van der Waals surface area (Å²) in [6.07, 6.45) is 1.11. The van der Waals surface area contributed by atoms with E-state index in [1.54, 1.807) is 0 Å². The predicted molar refractivity (Wildman–Crippen MR) is 43.1 cm³/mol. The number of fused-ring (bicyclic) bond motifs is 1. The normalized spacial score (nSPS) is 10.7. The van der Waals surface area contributed by atoms with Gasteiger partial charge in [0.2, 0.25) is 0 Å². The van der Waals surface area contributed by atoms with Gasteiger partial charge in [0.05, 0.1) is 11.6 Å². The van der Waals surface area contributed by atoms with E-state index in [4.69, 9.17) is 9.52 Å². The van der Waals surface area contributed by atoms with Crippen molar-refractivity contribution in [2.45, 2.75) is 0 Å². The molecule has 0 radical (unpaired) electrons. The zero-order chi connectivity index (χ0) is 10.3. The van der Waals surface area contributed by atoms with Crippen LogP contribution < -0.4 is 0 Å². The fourth-order valence-electron chi connectivity index (χ4n) is 1.23. The van der Waals surface area contributed by atoms with Crippen LogP contribution in [0.3, 0.4) is 0 Å². The Labute approximate surface area is 76.6 Å². The maximum absolute atomic E-state index is 13.0. The number of aromatic carboxylic acids is 1. The molecule has 3 nitrogen and oxygen atoms in total. The van der Waals surface area contributed by atoms with Crippen LogP contribution in [0.5, 0.6) is 0 Å². The van der Waals surface area contributed by atoms with Crippen LogP contribution >= 0.6 is 0 Å². The lowest BCUT2D eigenvalue weighted by Crippen LogP contribution is -1.99. The summed E-state index contributed by atoms with van der Waals surface area (Å²) in [6, 6.07) is 1.78. The minimum absolute atomic E-state index is 0.156. The number of benzene rings is 1. The molecule has 0 unspecified atom stereocenters. The van der Waals surface area contributed by atoms with Gasteiger partial charge in [-0.15, -0.1) is 0 Å². The number of furan rings is 1. The summed E-state index contributed by atoms with van der Waals surface area (Å²) in [7, 11) is 0. The molecule has 0 amide bonds. The van der Waals surface area contributed by atoms with E-state index in [-0.39, 0.29) is 16.5 Å². The number of hydrogen-bond donors (Lipinski definition) is 1. The first-order chi connectivity index (χ1) is 6.61. The lowest BCUT2D eigenvalue weighted by Gasteiger charge is -1.98. The number of hydrogen-bond acceptors (Lipinski definition) is 2. The summed E-state index contributed by atoms with van der Waals surface area (Å²) >= 11 is 0. The van der Waals surface area contributed by atoms with Gasteiger partial charge in [-0.05, 0) is 12.1 Å². The molecule has 5 heteroatoms. The number of carboxylic acids is 1. The highest BCUT2D eigenvalue weighted by molar-refractivity contribution is 6.01. The Kier molecular flexibility index (Phi) is 1.73. The Morgan fingerprint density at radius 3 is 2.79 bits per heavy atom. The van der Waals surface area contributed by atoms with Crippen molar-refractivity contribution < 1.29 is 23.1 Å². The quantitative estimate of drug-likeness (QED) is 0.765. The molecule has 0 saturated carbocycles. The van der Waals surface area contributed by atoms with Gasteiger partial charge >= 0.3 is 5.97 Å². The Balaban J connectivity index is 2.91. The van der Waals surface area contributed by atoms with Gasteiger partial charge in [0.25, 0.3) is 0 Å². The van der Waals surface area contributed by atoms with E-state index in [9.17, 15) is 13.6 Å². The molecule has 0 spiro atoms. The van der Waals surface area contributed by atoms with E-state index in [0.29, 0.717) is 6.07 Å². The molecule has 0 fully saturated rings. The second-order valence-electron chi connectivity index (χ2n) is 2.69. The van der Waals surface area contributed by atoms with Crippen molar-refractivity contribution in [3.8, 4) is 0 Å². The van der Waals surface area contributed by atoms with Gasteiger partial charge in [0, 0.05) is 0 Å². The molecule has 2 rings (SSSR count). The first kappa shape index (κ1) is 8.68. The van der Waals surface area contributed by atoms with E-state index >= 15 is 0 Å². The van der Waals surface area contributed by atoms with Crippen LogP contribution in [0.4, 0.5) is 8.78 Å². The molecule has 1 aromatic heterocycles. The van der Waals surface area contributed by atoms with Gasteiger partial charge in [0.1, 0.15) is 5.56 Å². The molecule has 1 aromatic carbocycles. The van der Waals surface area contributed by atoms with E-state index in [2.05, 4.69) is 0 Å². The van der Waals surface area contributed by atoms with Gasteiger partial charge in [-0.2, -0.15) is 0 Å². The van der Waals surface area contributed by atoms with E-state index in [1.165, 1.54) is 6.07 Å². The number of rotatable bonds is 1. The SMILES string of the molecule is O=C(O)c1cc(F)c(F)c2ccoc12. The first-order valence-corrected chi connectivity index (χ1v) is 3.69. The summed E-state index contributed by atoms with van der Waals surface area (Å²) in [4.78, 5) is 10.6. The molecule has 1 heterocycles. The molecular formula is C9H4F2O3. The summed E-state index contributed by atoms with van der Waals surface area (Å²) in [5, 5.41) is 8.50. The summed E-state index contributed by atoms with van der Waals surface area (Å²) in [6.45, 7) is 0. The molecule has 72 valence electrons. The Morgan fingerprint density at radius 2 is 2.14 bits per heavy atom. The van der Waals surface area contributed by atoms with Crippen molar-refractivity contribution in [3.63, 3.8) is 0 Å². The van der Waals surface area contributed by atoms with Crippen molar-refractivity contribution >= 4 is 16.9 Å². The third kappa shape index (κ3) is 1.06. The van der Waals surface area contributed by atoms with Gasteiger partial charge < -0.3 is 9.52 Å². The van der Waals surface area contributed by atoms with Gasteiger partial charge in [-0.1, -0.05) is 0 Å². The monoisotopic (exact) mass is 198 g/mol. The Bertz CT molecular complexity index is 516. The molecule has 0 bridgehead atoms. The largest absolute Gasteiger partial charge is 0.478 e. The van der Waals surface area contributed by atoms with Gasteiger partial charge in [-0.25, -0.2) is 13.6 Å². The van der Waals surface area contributed by atoms with E-state index in [1.807, 2.05) is 0 Å². The highest BCUT2D eigenvalue weighted by Crippen LogP contribution is 2.25. The average Bonchev–Trinajstić information content (AvgIpc) is 2.59. The molecule has 0 aliphatic heterocycles. The lowest BCUT2D eigenvalue weighted by molar-refractivity contribution is 0.0697. The fourth-order valence-corrected chi connectivity index (χ4v) is 1.23. The smallest absolute Gasteiger partial charge is 0.339 e. The fraction of sp³-hybridized carbons (Fsp3) is 0. The summed E-state index contributed by atoms with van der Waals surface area (Å²) in [5.74, 6) is -3.65. The minimum Gasteiger partial charge on any atom is -0.478 e. The topological polar surface area (TPSA) is 50.4 Å². The molecular weight excluding hydrogens is 194 g/mol. The van der Waals surface area contributed by atoms with Crippen molar-refractivity contribution in [2.24, 2.45) is 0 Å². The third-order valence-corrected chi connectivity index (χ3v) is 1.86. The van der Waals surface area contributed by atoms with Crippen LogP contribution in [0.2, 0.25) is 0 Å². The number of halogens is 2. The molecule has 1 N–H and O–H groups in total. The van der Waals surface area contributed by atoms with E-state index < -0.39 is 17.6 Å². The summed E-state index contributed by atoms with van der Waals surface area (Å²) < 4.78 is 30.7. The minimum atomic E-state index is -1.36. The van der Waals surface area contributed by atoms with Crippen LogP contribution in [0, 0.1) is 11.6 Å². The number of carboxylic acid groups (broad SMARTS) is 1. The van der Waals surface area contributed by atoms with E-state index in [0.717, 1.165) is 6.26 Å². The average molecular weight is 198 g/mol. The van der Waals surface area contributed by atoms with Crippen LogP contribution in [0.25, 0.3) is 11.0 Å². The molecule has 0 aliphatic rings. The molecule has 0 atom stereocenters. The maximum Gasteiger partial charge on any atom is 0.339 e. The van der Waals surface area contributed by atoms with Crippen LogP contribution in [0.15, 0.2) is 22.8 Å². The molecule has 0 saturated heterocycles. The molecule has 0 aliphatic carbocycles. The van der Waals surface area contributed by atoms with Crippen molar-refractivity contribution in [1.82, 2.24) is 0 Å². The standard InChI is InChI=1S/C9H4F2O3/c10-6-3-5(9(12)13)8-4(7(6)11)1-2-14-8/h1-3H,(H,12,13). The Hall–Kier alpha value is -1.91. The highest BCUT2D eigenvalue weighted by Gasteiger charge is 2.18. The molecule has 2 aromatic rings. The Morgan fingerprint density at radius 1 is 1.43 bits per heavy atom. The number of carbonyl (C=O) groups is 1. The highest BCUT2D eigenvalue weighted by atomic mass is 19.2. The molecule has 14 heavy (non-hydrogen) atoms. The maximum atomic E-state index is 13.0. The third-order valence-electron chi connectivity index (χ3n) is 1.86. The van der Waals surface area contributed by atoms with Crippen molar-refractivity contribution in [3.05, 3.63) is 35.6 Å².